The third-order valence-corrected chi connectivity index (χ3v) is 21.4. The van der Waals surface area contributed by atoms with E-state index in [4.69, 9.17) is 0 Å². The summed E-state index contributed by atoms with van der Waals surface area (Å²) in [4.78, 5) is 0. The molecule has 0 aliphatic carbocycles. The van der Waals surface area contributed by atoms with Gasteiger partial charge in [0, 0.05) is 0 Å². The molecule has 0 spiro atoms. The summed E-state index contributed by atoms with van der Waals surface area (Å²) in [7, 11) is 0. The van der Waals surface area contributed by atoms with Gasteiger partial charge in [0.25, 0.3) is 0 Å². The molecule has 0 radical (unpaired) electrons. The summed E-state index contributed by atoms with van der Waals surface area (Å²) in [6, 6.07) is 22.9. The van der Waals surface area contributed by atoms with Crippen LogP contribution in [-0.4, -0.2) is 0 Å². The summed E-state index contributed by atoms with van der Waals surface area (Å²) in [6.45, 7) is 22.4. The van der Waals surface area contributed by atoms with Crippen molar-refractivity contribution in [3.05, 3.63) is 60.7 Å². The van der Waals surface area contributed by atoms with Gasteiger partial charge in [-0.2, -0.15) is 0 Å². The Morgan fingerprint density at radius 2 is 0.680 bits per heavy atom. The van der Waals surface area contributed by atoms with Gasteiger partial charge in [0.1, 0.15) is 0 Å². The molecule has 0 saturated carbocycles. The molecule has 0 nitrogen and oxygen atoms in total. The van der Waals surface area contributed by atoms with Gasteiger partial charge >= 0.3 is 157 Å². The number of hydrogen-bond acceptors (Lipinski definition) is 0. The molecule has 25 heavy (non-hydrogen) atoms. The Labute approximate surface area is 156 Å². The van der Waals surface area contributed by atoms with Crippen LogP contribution in [-0.2, 0) is 12.0 Å². The molecule has 2 aromatic carbocycles. The first-order chi connectivity index (χ1) is 11.3. The minimum atomic E-state index is -3.31. The molecule has 0 aliphatic rings. The average molecular weight is 378 g/mol. The molecule has 0 saturated heterocycles. The molecule has 0 bridgehead atoms. The zero-order chi connectivity index (χ0) is 19.2. The molecule has 0 aromatic heterocycles. The number of hydrogen-bond donors (Lipinski definition) is 0. The molecule has 0 unspecified atom stereocenters. The van der Waals surface area contributed by atoms with Gasteiger partial charge in [-0.1, -0.05) is 0 Å². The van der Waals surface area contributed by atoms with Crippen LogP contribution in [0.15, 0.2) is 60.7 Å². The van der Waals surface area contributed by atoms with E-state index >= 15 is 0 Å². The summed E-state index contributed by atoms with van der Waals surface area (Å²) in [5, 5.41) is 0. The molecular formula is C24H37Cr. The second-order valence-corrected chi connectivity index (χ2v) is 20.4. The van der Waals surface area contributed by atoms with Gasteiger partial charge in [-0.15, -0.1) is 0 Å². The van der Waals surface area contributed by atoms with Crippen molar-refractivity contribution in [1.29, 1.82) is 0 Å². The van der Waals surface area contributed by atoms with E-state index in [0.29, 0.717) is 0 Å². The number of rotatable bonds is 2. The second-order valence-electron chi connectivity index (χ2n) is 9.98. The van der Waals surface area contributed by atoms with E-state index in [-0.39, 0.29) is 12.8 Å². The van der Waals surface area contributed by atoms with Crippen LogP contribution in [0.2, 0.25) is 12.8 Å². The fourth-order valence-electron chi connectivity index (χ4n) is 6.40. The zero-order valence-electron chi connectivity index (χ0n) is 17.7. The van der Waals surface area contributed by atoms with Crippen LogP contribution in [0.3, 0.4) is 0 Å². The van der Waals surface area contributed by atoms with Gasteiger partial charge in [-0.3, -0.25) is 0 Å². The third kappa shape index (κ3) is 2.25. The SMILES string of the molecule is C[C](C)(C)[Cr]([c]1ccccc1)([c]1ccccc1)([C](C)(C)C)[C](C)(C)C. The van der Waals surface area contributed by atoms with E-state index in [1.54, 1.807) is 8.85 Å². The van der Waals surface area contributed by atoms with Crippen molar-refractivity contribution < 1.29 is 12.0 Å². The Hall–Kier alpha value is -1.03. The first-order valence-corrected chi connectivity index (χ1v) is 12.5. The van der Waals surface area contributed by atoms with E-state index in [1.807, 2.05) is 0 Å². The molecule has 0 heterocycles. The average Bonchev–Trinajstić information content (AvgIpc) is 2.46. The standard InChI is InChI=1S/2C6H5.3C4H9.Cr/c2*1-2-4-6-5-3-1;3*1-4(2)3;/h2*1-5H;3*1-3H3;. The van der Waals surface area contributed by atoms with Crippen LogP contribution in [0, 0.1) is 0 Å². The Bertz CT molecular complexity index is 624. The van der Waals surface area contributed by atoms with Crippen LogP contribution in [0.1, 0.15) is 62.3 Å². The van der Waals surface area contributed by atoms with E-state index in [2.05, 4.69) is 123 Å². The van der Waals surface area contributed by atoms with Gasteiger partial charge in [-0.25, -0.2) is 0 Å². The van der Waals surface area contributed by atoms with Crippen LogP contribution in [0.5, 0.6) is 0 Å². The topological polar surface area (TPSA) is 0 Å². The van der Waals surface area contributed by atoms with Crippen LogP contribution < -0.4 is 8.85 Å². The van der Waals surface area contributed by atoms with Crippen LogP contribution in [0.4, 0.5) is 0 Å². The molecule has 2 aromatic rings. The third-order valence-electron chi connectivity index (χ3n) is 6.10. The minimum absolute atomic E-state index is 0.152. The molecule has 0 aliphatic heterocycles. The molecule has 0 amide bonds. The Kier molecular flexibility index (Phi) is 4.87. The van der Waals surface area contributed by atoms with Crippen molar-refractivity contribution in [3.63, 3.8) is 0 Å². The van der Waals surface area contributed by atoms with Gasteiger partial charge in [0.2, 0.25) is 0 Å². The molecule has 2 rings (SSSR count). The van der Waals surface area contributed by atoms with E-state index < -0.39 is 12.0 Å². The van der Waals surface area contributed by atoms with E-state index in [1.165, 1.54) is 0 Å². The molecule has 1 heteroatoms. The zero-order valence-corrected chi connectivity index (χ0v) is 19.0. The van der Waals surface area contributed by atoms with E-state index in [0.717, 1.165) is 0 Å². The number of benzene rings is 2. The van der Waals surface area contributed by atoms with Crippen LogP contribution >= 0.6 is 0 Å². The first-order valence-electron chi connectivity index (χ1n) is 9.34. The summed E-state index contributed by atoms with van der Waals surface area (Å²) in [6.07, 6.45) is 0. The monoisotopic (exact) mass is 377 g/mol. The summed E-state index contributed by atoms with van der Waals surface area (Å²) < 4.78 is 3.60. The first kappa shape index (κ1) is 20.3. The second kappa shape index (κ2) is 6.01. The van der Waals surface area contributed by atoms with E-state index in [9.17, 15) is 0 Å². The molecular weight excluding hydrogens is 340 g/mol. The van der Waals surface area contributed by atoms with Crippen molar-refractivity contribution in [2.75, 3.05) is 0 Å². The summed E-state index contributed by atoms with van der Waals surface area (Å²) >= 11 is -3.31. The summed E-state index contributed by atoms with van der Waals surface area (Å²) in [5.74, 6) is 0. The summed E-state index contributed by atoms with van der Waals surface area (Å²) in [5.41, 5.74) is 0. The van der Waals surface area contributed by atoms with Crippen molar-refractivity contribution in [3.8, 4) is 0 Å². The Balaban J connectivity index is 3.29. The van der Waals surface area contributed by atoms with Crippen molar-refractivity contribution in [2.45, 2.75) is 75.1 Å². The molecule has 0 atom stereocenters. The fraction of sp³-hybridized carbons (Fsp3) is 0.500. The van der Waals surface area contributed by atoms with Crippen molar-refractivity contribution in [1.82, 2.24) is 0 Å². The normalized spacial score (nSPS) is 15.5. The van der Waals surface area contributed by atoms with Crippen molar-refractivity contribution in [2.24, 2.45) is 0 Å². The van der Waals surface area contributed by atoms with Gasteiger partial charge < -0.3 is 0 Å². The molecule has 0 fully saturated rings. The Morgan fingerprint density at radius 1 is 0.440 bits per heavy atom. The van der Waals surface area contributed by atoms with Gasteiger partial charge in [0.15, 0.2) is 0 Å². The fourth-order valence-corrected chi connectivity index (χ4v) is 24.2. The maximum absolute atomic E-state index is 3.31. The maximum atomic E-state index is 2.49. The van der Waals surface area contributed by atoms with Crippen molar-refractivity contribution >= 4 is 8.85 Å². The Morgan fingerprint density at radius 3 is 0.880 bits per heavy atom. The predicted octanol–water partition coefficient (Wildman–Crippen LogP) is 6.98. The predicted molar refractivity (Wildman–Crippen MR) is 111 cm³/mol. The van der Waals surface area contributed by atoms with Gasteiger partial charge in [-0.05, 0) is 0 Å². The van der Waals surface area contributed by atoms with Crippen LogP contribution in [0.25, 0.3) is 0 Å². The quantitative estimate of drug-likeness (QED) is 0.529. The molecule has 139 valence electrons. The molecule has 0 N–H and O–H groups in total. The van der Waals surface area contributed by atoms with Gasteiger partial charge in [0.05, 0.1) is 0 Å².